The molecule has 6 heteroatoms. The molecule has 0 radical (unpaired) electrons. The van der Waals surface area contributed by atoms with Crippen LogP contribution in [-0.2, 0) is 22.3 Å². The zero-order valence-electron chi connectivity index (χ0n) is 15.2. The summed E-state index contributed by atoms with van der Waals surface area (Å²) in [6.45, 7) is 1.03. The van der Waals surface area contributed by atoms with Crippen LogP contribution in [0.1, 0.15) is 56.8 Å². The maximum absolute atomic E-state index is 12.6. The number of fused-ring (bicyclic) bond motifs is 1. The largest absolute Gasteiger partial charge is 0.459 e. The minimum Gasteiger partial charge on any atom is -0.459 e. The molecule has 2 aliphatic rings. The Bertz CT molecular complexity index is 821. The van der Waals surface area contributed by atoms with Crippen LogP contribution in [0.15, 0.2) is 29.6 Å². The number of rotatable bonds is 5. The smallest absolute Gasteiger partial charge is 0.338 e. The van der Waals surface area contributed by atoms with Crippen LogP contribution in [0.5, 0.6) is 0 Å². The molecule has 0 saturated carbocycles. The summed E-state index contributed by atoms with van der Waals surface area (Å²) in [5.41, 5.74) is 3.14. The quantitative estimate of drug-likeness (QED) is 0.783. The number of hydrogen-bond donors (Lipinski definition) is 1. The van der Waals surface area contributed by atoms with Crippen LogP contribution >= 0.6 is 11.3 Å². The molecule has 1 aliphatic heterocycles. The number of nitrogens with one attached hydrogen (secondary N) is 1. The van der Waals surface area contributed by atoms with Gasteiger partial charge in [-0.15, -0.1) is 11.3 Å². The second-order valence-electron chi connectivity index (χ2n) is 7.02. The Kier molecular flexibility index (Phi) is 5.55. The van der Waals surface area contributed by atoms with Gasteiger partial charge in [-0.2, -0.15) is 0 Å². The van der Waals surface area contributed by atoms with E-state index in [9.17, 15) is 9.59 Å². The zero-order chi connectivity index (χ0) is 18.6. The Balaban J connectivity index is 1.35. The molecule has 1 aromatic carbocycles. The van der Waals surface area contributed by atoms with Gasteiger partial charge in [0.25, 0.3) is 5.91 Å². The molecule has 1 fully saturated rings. The van der Waals surface area contributed by atoms with Crippen molar-refractivity contribution in [2.45, 2.75) is 44.6 Å². The van der Waals surface area contributed by atoms with Crippen molar-refractivity contribution in [3.05, 3.63) is 51.2 Å². The lowest BCUT2D eigenvalue weighted by molar-refractivity contribution is 0.0161. The first-order valence-electron chi connectivity index (χ1n) is 9.50. The Morgan fingerprint density at radius 1 is 1.15 bits per heavy atom. The van der Waals surface area contributed by atoms with E-state index in [0.29, 0.717) is 17.9 Å². The summed E-state index contributed by atoms with van der Waals surface area (Å²) in [6.07, 6.45) is 6.39. The normalized spacial score (nSPS) is 18.7. The number of hydrogen-bond acceptors (Lipinski definition) is 5. The predicted octanol–water partition coefficient (Wildman–Crippen LogP) is 4.22. The first-order chi connectivity index (χ1) is 13.2. The van der Waals surface area contributed by atoms with Crippen LogP contribution in [0.3, 0.4) is 0 Å². The minimum atomic E-state index is -0.365. The number of aryl methyl sites for hydroxylation is 1. The van der Waals surface area contributed by atoms with Gasteiger partial charge in [-0.25, -0.2) is 4.79 Å². The van der Waals surface area contributed by atoms with Gasteiger partial charge in [0, 0.05) is 22.6 Å². The van der Waals surface area contributed by atoms with E-state index in [4.69, 9.17) is 9.47 Å². The third kappa shape index (κ3) is 4.22. The molecule has 1 unspecified atom stereocenters. The fourth-order valence-electron chi connectivity index (χ4n) is 3.60. The molecule has 2 heterocycles. The van der Waals surface area contributed by atoms with E-state index in [1.165, 1.54) is 16.9 Å². The number of esters is 1. The van der Waals surface area contributed by atoms with Gasteiger partial charge < -0.3 is 14.8 Å². The topological polar surface area (TPSA) is 64.6 Å². The molecule has 1 aliphatic carbocycles. The standard InChI is InChI=1S/C21H23NO4S/c23-20(18-13-27-19-6-2-1-5-17(18)19)22-15-9-7-14(8-10-15)21(24)26-12-16-4-3-11-25-16/h7-10,13,16H,1-6,11-12H2,(H,22,23). The van der Waals surface area contributed by atoms with Crippen LogP contribution in [0, 0.1) is 0 Å². The molecule has 2 aromatic rings. The highest BCUT2D eigenvalue weighted by Crippen LogP contribution is 2.30. The molecule has 4 rings (SSSR count). The summed E-state index contributed by atoms with van der Waals surface area (Å²) in [4.78, 5) is 26.1. The van der Waals surface area contributed by atoms with Gasteiger partial charge in [-0.05, 0) is 68.4 Å². The molecule has 1 amide bonds. The number of ether oxygens (including phenoxy) is 2. The van der Waals surface area contributed by atoms with Crippen molar-refractivity contribution in [1.29, 1.82) is 0 Å². The molecule has 1 saturated heterocycles. The monoisotopic (exact) mass is 385 g/mol. The van der Waals surface area contributed by atoms with Crippen molar-refractivity contribution in [2.24, 2.45) is 0 Å². The van der Waals surface area contributed by atoms with E-state index in [1.807, 2.05) is 5.38 Å². The van der Waals surface area contributed by atoms with Crippen LogP contribution in [-0.4, -0.2) is 31.2 Å². The zero-order valence-corrected chi connectivity index (χ0v) is 16.0. The highest BCUT2D eigenvalue weighted by molar-refractivity contribution is 7.10. The van der Waals surface area contributed by atoms with Gasteiger partial charge in [-0.3, -0.25) is 4.79 Å². The summed E-state index contributed by atoms with van der Waals surface area (Å²) in [5, 5.41) is 4.89. The van der Waals surface area contributed by atoms with E-state index in [1.54, 1.807) is 35.6 Å². The summed E-state index contributed by atoms with van der Waals surface area (Å²) < 4.78 is 10.8. The van der Waals surface area contributed by atoms with Crippen molar-refractivity contribution in [1.82, 2.24) is 0 Å². The SMILES string of the molecule is O=C(OCC1CCCO1)c1ccc(NC(=O)c2csc3c2CCCC3)cc1. The fraction of sp³-hybridized carbons (Fsp3) is 0.429. The van der Waals surface area contributed by atoms with E-state index >= 15 is 0 Å². The van der Waals surface area contributed by atoms with Gasteiger partial charge in [0.05, 0.1) is 17.2 Å². The highest BCUT2D eigenvalue weighted by Gasteiger charge is 2.21. The van der Waals surface area contributed by atoms with Gasteiger partial charge in [0.1, 0.15) is 6.61 Å². The van der Waals surface area contributed by atoms with Crippen molar-refractivity contribution in [3.63, 3.8) is 0 Å². The van der Waals surface area contributed by atoms with Gasteiger partial charge in [0.2, 0.25) is 0 Å². The second kappa shape index (κ2) is 8.23. The molecule has 0 spiro atoms. The van der Waals surface area contributed by atoms with Crippen molar-refractivity contribution in [2.75, 3.05) is 18.5 Å². The van der Waals surface area contributed by atoms with E-state index in [0.717, 1.165) is 44.3 Å². The second-order valence-corrected chi connectivity index (χ2v) is 7.99. The van der Waals surface area contributed by atoms with Gasteiger partial charge in [0.15, 0.2) is 0 Å². The minimum absolute atomic E-state index is 0.0176. The van der Waals surface area contributed by atoms with Crippen LogP contribution < -0.4 is 5.32 Å². The Morgan fingerprint density at radius 2 is 1.96 bits per heavy atom. The average Bonchev–Trinajstić information content (AvgIpc) is 3.36. The average molecular weight is 385 g/mol. The molecular formula is C21H23NO4S. The third-order valence-electron chi connectivity index (χ3n) is 5.11. The lowest BCUT2D eigenvalue weighted by atomic mass is 9.95. The number of carbonyl (C=O) groups is 2. The van der Waals surface area contributed by atoms with Crippen LogP contribution in [0.4, 0.5) is 5.69 Å². The summed E-state index contributed by atoms with van der Waals surface area (Å²) in [7, 11) is 0. The number of anilines is 1. The summed E-state index contributed by atoms with van der Waals surface area (Å²) in [6, 6.07) is 6.83. The first kappa shape index (κ1) is 18.2. The third-order valence-corrected chi connectivity index (χ3v) is 6.20. The summed E-state index contributed by atoms with van der Waals surface area (Å²) >= 11 is 1.68. The Hall–Kier alpha value is -2.18. The molecule has 142 valence electrons. The number of amides is 1. The summed E-state index contributed by atoms with van der Waals surface area (Å²) in [5.74, 6) is -0.446. The first-order valence-corrected chi connectivity index (χ1v) is 10.4. The van der Waals surface area contributed by atoms with E-state index in [-0.39, 0.29) is 18.0 Å². The van der Waals surface area contributed by atoms with E-state index < -0.39 is 0 Å². The lowest BCUT2D eigenvalue weighted by Crippen LogP contribution is -2.18. The lowest BCUT2D eigenvalue weighted by Gasteiger charge is -2.13. The molecule has 1 atom stereocenters. The molecule has 1 N–H and O–H groups in total. The Labute approximate surface area is 162 Å². The molecule has 1 aromatic heterocycles. The Morgan fingerprint density at radius 3 is 2.74 bits per heavy atom. The molecule has 0 bridgehead atoms. The molecule has 27 heavy (non-hydrogen) atoms. The maximum Gasteiger partial charge on any atom is 0.338 e. The van der Waals surface area contributed by atoms with Crippen LogP contribution in [0.25, 0.3) is 0 Å². The van der Waals surface area contributed by atoms with Gasteiger partial charge in [-0.1, -0.05) is 0 Å². The maximum atomic E-state index is 12.6. The molecule has 5 nitrogen and oxygen atoms in total. The highest BCUT2D eigenvalue weighted by atomic mass is 32.1. The number of carbonyl (C=O) groups excluding carboxylic acids is 2. The van der Waals surface area contributed by atoms with Crippen molar-refractivity contribution >= 4 is 28.9 Å². The van der Waals surface area contributed by atoms with Crippen LogP contribution in [0.2, 0.25) is 0 Å². The molecular weight excluding hydrogens is 362 g/mol. The predicted molar refractivity (Wildman–Crippen MR) is 105 cm³/mol. The van der Waals surface area contributed by atoms with E-state index in [2.05, 4.69) is 5.32 Å². The van der Waals surface area contributed by atoms with Crippen molar-refractivity contribution in [3.8, 4) is 0 Å². The van der Waals surface area contributed by atoms with Crippen molar-refractivity contribution < 1.29 is 19.1 Å². The van der Waals surface area contributed by atoms with Gasteiger partial charge >= 0.3 is 5.97 Å². The number of thiophene rings is 1. The fourth-order valence-corrected chi connectivity index (χ4v) is 4.73. The number of benzene rings is 1.